The van der Waals surface area contributed by atoms with Gasteiger partial charge in [0, 0.05) is 24.5 Å². The van der Waals surface area contributed by atoms with Crippen LogP contribution in [-0.4, -0.2) is 66.7 Å². The maximum absolute atomic E-state index is 10.4. The van der Waals surface area contributed by atoms with Crippen LogP contribution in [0.5, 0.6) is 17.2 Å². The summed E-state index contributed by atoms with van der Waals surface area (Å²) < 4.78 is 0. The van der Waals surface area contributed by atoms with Crippen LogP contribution >= 0.6 is 0 Å². The first-order chi connectivity index (χ1) is 19.7. The number of benzene rings is 4. The van der Waals surface area contributed by atoms with Crippen LogP contribution in [0.15, 0.2) is 91.0 Å². The monoisotopic (exact) mass is 580 g/mol. The molecule has 4 aromatic rings. The molecular weight excluding hydrogens is 552 g/mol. The van der Waals surface area contributed by atoms with Crippen molar-refractivity contribution >= 4 is 35.3 Å². The van der Waals surface area contributed by atoms with E-state index in [9.17, 15) is 19.2 Å². The summed E-state index contributed by atoms with van der Waals surface area (Å²) >= 11 is 0. The molecule has 0 aromatic heterocycles. The Morgan fingerprint density at radius 2 is 1.05 bits per heavy atom. The number of aromatic hydroxyl groups is 3. The van der Waals surface area contributed by atoms with E-state index < -0.39 is 29.6 Å². The molecule has 0 spiro atoms. The second kappa shape index (κ2) is 16.7. The van der Waals surface area contributed by atoms with Crippen molar-refractivity contribution in [2.75, 3.05) is 18.1 Å². The van der Waals surface area contributed by atoms with Gasteiger partial charge in [-0.1, -0.05) is 6.07 Å². The molecule has 0 saturated carbocycles. The normalized spacial score (nSPS) is 9.26. The Kier molecular flexibility index (Phi) is 13.4. The largest absolute Gasteiger partial charge is 0.508 e. The predicted molar refractivity (Wildman–Crippen MR) is 153 cm³/mol. The van der Waals surface area contributed by atoms with E-state index in [1.54, 1.807) is 43.4 Å². The first-order valence-electron chi connectivity index (χ1n) is 11.6. The van der Waals surface area contributed by atoms with Crippen molar-refractivity contribution < 1.29 is 54.9 Å². The zero-order valence-corrected chi connectivity index (χ0v) is 22.0. The standard InChI is InChI=1S/C8H9NO2.C7H7NO2.C7H6O4.C7H6O3/c1-9-7-4-2-6(3-5-7)8(10)11;8-6-3-1-5(2-4-6)7(9)10;8-4-1-2-5(7(10)11)6(9)3-4;8-6-3-1-2-5(4-6)7(9)10/h2-5,9H,1H3,(H,10,11);1-4H,8H2,(H,9,10);1-3,8-9H,(H,10,11);1-4,8H,(H,9,10). The average molecular weight is 581 g/mol. The molecule has 0 aliphatic heterocycles. The van der Waals surface area contributed by atoms with Crippen LogP contribution in [0.25, 0.3) is 0 Å². The van der Waals surface area contributed by atoms with Crippen LogP contribution in [-0.2, 0) is 0 Å². The lowest BCUT2D eigenvalue weighted by Crippen LogP contribution is -1.96. The topological polar surface area (TPSA) is 248 Å². The first-order valence-corrected chi connectivity index (χ1v) is 11.6. The van der Waals surface area contributed by atoms with E-state index >= 15 is 0 Å². The van der Waals surface area contributed by atoms with E-state index in [0.29, 0.717) is 11.3 Å². The van der Waals surface area contributed by atoms with Gasteiger partial charge in [-0.25, -0.2) is 19.2 Å². The molecule has 4 aromatic carbocycles. The van der Waals surface area contributed by atoms with Gasteiger partial charge in [0.2, 0.25) is 0 Å². The predicted octanol–water partition coefficient (Wildman–Crippen LogP) is 4.28. The molecule has 10 N–H and O–H groups in total. The summed E-state index contributed by atoms with van der Waals surface area (Å²) in [5.41, 5.74) is 7.27. The average Bonchev–Trinajstić information content (AvgIpc) is 2.94. The van der Waals surface area contributed by atoms with Gasteiger partial charge in [0.05, 0.1) is 16.7 Å². The molecule has 0 fully saturated rings. The van der Waals surface area contributed by atoms with Gasteiger partial charge < -0.3 is 46.8 Å². The molecule has 13 heteroatoms. The summed E-state index contributed by atoms with van der Waals surface area (Å²) in [6, 6.07) is 21.5. The number of nitrogens with one attached hydrogen (secondary N) is 1. The number of carboxylic acids is 4. The summed E-state index contributed by atoms with van der Waals surface area (Å²) in [4.78, 5) is 41.2. The first kappa shape index (κ1) is 33.8. The molecule has 0 aliphatic rings. The van der Waals surface area contributed by atoms with Gasteiger partial charge in [-0.3, -0.25) is 0 Å². The maximum Gasteiger partial charge on any atom is 0.339 e. The fraction of sp³-hybridized carbons (Fsp3) is 0.0345. The second-order valence-electron chi connectivity index (χ2n) is 7.92. The fourth-order valence-electron chi connectivity index (χ4n) is 2.74. The minimum atomic E-state index is -1.22. The number of nitrogen functional groups attached to an aromatic ring is 1. The van der Waals surface area contributed by atoms with Gasteiger partial charge in [-0.05, 0) is 78.9 Å². The Balaban J connectivity index is 0.000000280. The van der Waals surface area contributed by atoms with Crippen LogP contribution < -0.4 is 11.1 Å². The number of nitrogens with two attached hydrogens (primary N) is 1. The van der Waals surface area contributed by atoms with Crippen LogP contribution in [0.3, 0.4) is 0 Å². The molecule has 0 unspecified atom stereocenters. The molecule has 220 valence electrons. The number of phenolic OH excluding ortho intramolecular Hbond substituents is 2. The smallest absolute Gasteiger partial charge is 0.339 e. The second-order valence-corrected chi connectivity index (χ2v) is 7.92. The van der Waals surface area contributed by atoms with Gasteiger partial charge in [0.25, 0.3) is 0 Å². The molecule has 0 bridgehead atoms. The van der Waals surface area contributed by atoms with Crippen LogP contribution in [0.2, 0.25) is 0 Å². The molecular formula is C29H28N2O11. The van der Waals surface area contributed by atoms with E-state index in [0.717, 1.165) is 17.8 Å². The Hall–Kier alpha value is -6.24. The minimum Gasteiger partial charge on any atom is -0.508 e. The molecule has 0 aliphatic carbocycles. The minimum absolute atomic E-state index is 0.0279. The van der Waals surface area contributed by atoms with E-state index in [1.807, 2.05) is 0 Å². The number of hydrogen-bond acceptors (Lipinski definition) is 9. The number of aromatic carboxylic acids is 4. The van der Waals surface area contributed by atoms with Gasteiger partial charge >= 0.3 is 23.9 Å². The molecule has 0 heterocycles. The summed E-state index contributed by atoms with van der Waals surface area (Å²) in [7, 11) is 1.79. The van der Waals surface area contributed by atoms with Crippen molar-refractivity contribution in [1.29, 1.82) is 0 Å². The Morgan fingerprint density at radius 1 is 0.571 bits per heavy atom. The Labute approximate surface area is 239 Å². The highest BCUT2D eigenvalue weighted by atomic mass is 16.4. The van der Waals surface area contributed by atoms with Crippen molar-refractivity contribution in [3.63, 3.8) is 0 Å². The SMILES string of the molecule is CNc1ccc(C(=O)O)cc1.Nc1ccc(C(=O)O)cc1.O=C(O)c1ccc(O)cc1O.O=C(O)c1cccc(O)c1. The summed E-state index contributed by atoms with van der Waals surface area (Å²) in [6.45, 7) is 0. The number of carbonyl (C=O) groups is 4. The summed E-state index contributed by atoms with van der Waals surface area (Å²) in [6.07, 6.45) is 0. The third-order valence-electron chi connectivity index (χ3n) is 4.88. The highest BCUT2D eigenvalue weighted by molar-refractivity contribution is 5.91. The van der Waals surface area contributed by atoms with Crippen LogP contribution in [0.1, 0.15) is 41.4 Å². The molecule has 0 saturated heterocycles. The van der Waals surface area contributed by atoms with Crippen LogP contribution in [0, 0.1) is 0 Å². The quantitative estimate of drug-likeness (QED) is 0.150. The van der Waals surface area contributed by atoms with E-state index in [-0.39, 0.29) is 28.2 Å². The van der Waals surface area contributed by atoms with Crippen molar-refractivity contribution in [3.8, 4) is 17.2 Å². The van der Waals surface area contributed by atoms with Crippen molar-refractivity contribution in [3.05, 3.63) is 113 Å². The number of hydrogen-bond donors (Lipinski definition) is 9. The van der Waals surface area contributed by atoms with Crippen molar-refractivity contribution in [2.24, 2.45) is 0 Å². The van der Waals surface area contributed by atoms with Gasteiger partial charge in [-0.2, -0.15) is 0 Å². The number of phenols is 3. The zero-order valence-electron chi connectivity index (χ0n) is 22.0. The molecule has 0 amide bonds. The van der Waals surface area contributed by atoms with Gasteiger partial charge in [0.15, 0.2) is 0 Å². The molecule has 0 radical (unpaired) electrons. The third kappa shape index (κ3) is 12.1. The lowest BCUT2D eigenvalue weighted by Gasteiger charge is -1.98. The zero-order chi connectivity index (χ0) is 31.8. The number of rotatable bonds is 5. The highest BCUT2D eigenvalue weighted by Crippen LogP contribution is 2.22. The fourth-order valence-corrected chi connectivity index (χ4v) is 2.74. The maximum atomic E-state index is 10.4. The number of carboxylic acid groups (broad SMARTS) is 4. The van der Waals surface area contributed by atoms with E-state index in [4.69, 9.17) is 41.5 Å². The van der Waals surface area contributed by atoms with E-state index in [2.05, 4.69) is 5.32 Å². The van der Waals surface area contributed by atoms with Crippen LogP contribution in [0.4, 0.5) is 11.4 Å². The Morgan fingerprint density at radius 3 is 1.43 bits per heavy atom. The van der Waals surface area contributed by atoms with Crippen molar-refractivity contribution in [2.45, 2.75) is 0 Å². The van der Waals surface area contributed by atoms with E-state index in [1.165, 1.54) is 42.5 Å². The third-order valence-corrected chi connectivity index (χ3v) is 4.88. The molecule has 13 nitrogen and oxygen atoms in total. The molecule has 42 heavy (non-hydrogen) atoms. The molecule has 4 rings (SSSR count). The summed E-state index contributed by atoms with van der Waals surface area (Å²) in [5.74, 6) is -4.70. The Bertz CT molecular complexity index is 1500. The lowest BCUT2D eigenvalue weighted by molar-refractivity contribution is 0.0683. The van der Waals surface area contributed by atoms with Gasteiger partial charge in [-0.15, -0.1) is 0 Å². The number of anilines is 2. The van der Waals surface area contributed by atoms with Crippen molar-refractivity contribution in [1.82, 2.24) is 0 Å². The summed E-state index contributed by atoms with van der Waals surface area (Å²) in [5, 5.41) is 63.2. The highest BCUT2D eigenvalue weighted by Gasteiger charge is 2.08. The molecule has 0 atom stereocenters. The lowest BCUT2D eigenvalue weighted by atomic mass is 10.2. The van der Waals surface area contributed by atoms with Gasteiger partial charge in [0.1, 0.15) is 22.8 Å².